The van der Waals surface area contributed by atoms with Gasteiger partial charge in [-0.3, -0.25) is 4.79 Å². The van der Waals surface area contributed by atoms with Gasteiger partial charge >= 0.3 is 0 Å². The van der Waals surface area contributed by atoms with E-state index in [0.717, 1.165) is 38.3 Å². The predicted molar refractivity (Wildman–Crippen MR) is 143 cm³/mol. The van der Waals surface area contributed by atoms with E-state index in [2.05, 4.69) is 43.6 Å². The number of hydrogen-bond acceptors (Lipinski definition) is 4. The summed E-state index contributed by atoms with van der Waals surface area (Å²) in [5.41, 5.74) is 3.14. The first-order valence-corrected chi connectivity index (χ1v) is 12.1. The van der Waals surface area contributed by atoms with Crippen LogP contribution in [0, 0.1) is 0 Å². The fourth-order valence-corrected chi connectivity index (χ4v) is 4.56. The number of amides is 1. The van der Waals surface area contributed by atoms with Crippen LogP contribution < -0.4 is 5.32 Å². The lowest BCUT2D eigenvalue weighted by atomic mass is 10.1. The lowest BCUT2D eigenvalue weighted by Crippen LogP contribution is -2.11. The summed E-state index contributed by atoms with van der Waals surface area (Å²) in [6, 6.07) is 29.7. The number of aryl methyl sites for hydroxylation is 2. The molecule has 4 aromatic carbocycles. The number of azo groups is 1. The van der Waals surface area contributed by atoms with Gasteiger partial charge in [-0.1, -0.05) is 82.7 Å². The monoisotopic (exact) mass is 526 g/mol. The Morgan fingerprint density at radius 2 is 1.69 bits per heavy atom. The van der Waals surface area contributed by atoms with Crippen molar-refractivity contribution in [3.63, 3.8) is 0 Å². The van der Waals surface area contributed by atoms with E-state index in [-0.39, 0.29) is 18.1 Å². The molecular weight excluding hydrogens is 504 g/mol. The van der Waals surface area contributed by atoms with Gasteiger partial charge in [-0.15, -0.1) is 10.2 Å². The summed E-state index contributed by atoms with van der Waals surface area (Å²) in [5, 5.41) is 25.0. The Balaban J connectivity index is 1.37. The fourth-order valence-electron chi connectivity index (χ4n) is 4.20. The van der Waals surface area contributed by atoms with E-state index in [9.17, 15) is 9.90 Å². The van der Waals surface area contributed by atoms with Crippen molar-refractivity contribution in [1.82, 2.24) is 4.57 Å². The van der Waals surface area contributed by atoms with Crippen LogP contribution in [0.15, 0.2) is 106 Å². The molecule has 1 amide bonds. The number of carbonyl (C=O) groups is 1. The molecule has 0 spiro atoms. The van der Waals surface area contributed by atoms with Crippen LogP contribution in [-0.4, -0.2) is 22.1 Å². The molecule has 0 aliphatic rings. The van der Waals surface area contributed by atoms with Crippen LogP contribution in [0.1, 0.15) is 5.56 Å². The third-order valence-corrected chi connectivity index (χ3v) is 6.41. The number of nitrogens with zero attached hydrogens (tertiary/aromatic N) is 3. The summed E-state index contributed by atoms with van der Waals surface area (Å²) in [4.78, 5) is 12.5. The summed E-state index contributed by atoms with van der Waals surface area (Å²) in [7, 11) is 0. The molecule has 0 aliphatic heterocycles. The molecule has 0 bridgehead atoms. The van der Waals surface area contributed by atoms with Gasteiger partial charge in [-0.25, -0.2) is 0 Å². The molecule has 0 radical (unpaired) electrons. The molecule has 0 fully saturated rings. The Morgan fingerprint density at radius 1 is 0.914 bits per heavy atom. The molecule has 0 aliphatic carbocycles. The zero-order chi connectivity index (χ0) is 24.2. The highest BCUT2D eigenvalue weighted by Crippen LogP contribution is 2.40. The van der Waals surface area contributed by atoms with Gasteiger partial charge in [0, 0.05) is 27.5 Å². The first-order chi connectivity index (χ1) is 17.1. The van der Waals surface area contributed by atoms with E-state index in [1.54, 1.807) is 0 Å². The largest absolute Gasteiger partial charge is 0.493 e. The van der Waals surface area contributed by atoms with Crippen LogP contribution in [-0.2, 0) is 17.8 Å². The third-order valence-electron chi connectivity index (χ3n) is 5.92. The Labute approximate surface area is 211 Å². The number of nitrogens with one attached hydrogen (secondary N) is 1. The first-order valence-electron chi connectivity index (χ1n) is 11.3. The average Bonchev–Trinajstić information content (AvgIpc) is 3.15. The van der Waals surface area contributed by atoms with Crippen molar-refractivity contribution < 1.29 is 9.90 Å². The normalized spacial score (nSPS) is 11.5. The zero-order valence-electron chi connectivity index (χ0n) is 18.9. The van der Waals surface area contributed by atoms with Gasteiger partial charge in [-0.2, -0.15) is 0 Å². The summed E-state index contributed by atoms with van der Waals surface area (Å²) in [6.07, 6.45) is 0.749. The van der Waals surface area contributed by atoms with Crippen LogP contribution in [0.5, 0.6) is 5.88 Å². The zero-order valence-corrected chi connectivity index (χ0v) is 20.4. The number of benzene rings is 4. The molecule has 0 saturated carbocycles. The molecule has 1 aromatic heterocycles. The second-order valence-corrected chi connectivity index (χ2v) is 9.11. The van der Waals surface area contributed by atoms with Crippen LogP contribution in [0.3, 0.4) is 0 Å². The van der Waals surface area contributed by atoms with Crippen molar-refractivity contribution in [3.05, 3.63) is 101 Å². The minimum absolute atomic E-state index is 0.00534. The molecule has 174 valence electrons. The Bertz CT molecular complexity index is 1540. The summed E-state index contributed by atoms with van der Waals surface area (Å²) in [6.45, 7) is 0.564. The number of fused-ring (bicyclic) bond motifs is 2. The van der Waals surface area contributed by atoms with Crippen LogP contribution in [0.25, 0.3) is 21.7 Å². The Kier molecular flexibility index (Phi) is 6.59. The Morgan fingerprint density at radius 3 is 2.54 bits per heavy atom. The number of aromatic nitrogens is 1. The second-order valence-electron chi connectivity index (χ2n) is 8.19. The van der Waals surface area contributed by atoms with Crippen molar-refractivity contribution in [2.24, 2.45) is 10.2 Å². The maximum absolute atomic E-state index is 12.5. The molecule has 35 heavy (non-hydrogen) atoms. The van der Waals surface area contributed by atoms with Gasteiger partial charge in [0.15, 0.2) is 5.69 Å². The number of hydrogen-bond donors (Lipinski definition) is 2. The average molecular weight is 527 g/mol. The topological polar surface area (TPSA) is 79.0 Å². The minimum atomic E-state index is -0.433. The second kappa shape index (κ2) is 10.1. The third kappa shape index (κ3) is 4.95. The van der Waals surface area contributed by atoms with Gasteiger partial charge in [0.05, 0.1) is 12.1 Å². The highest BCUT2D eigenvalue weighted by molar-refractivity contribution is 9.10. The van der Waals surface area contributed by atoms with E-state index >= 15 is 0 Å². The SMILES string of the molecule is O=C(CNc1cccc2ccccc12)N=Nc1c(O)n(CCc2ccccc2)c2ccc(Br)cc12. The van der Waals surface area contributed by atoms with E-state index in [4.69, 9.17) is 0 Å². The molecule has 2 N–H and O–H groups in total. The van der Waals surface area contributed by atoms with Crippen molar-refractivity contribution in [1.29, 1.82) is 0 Å². The van der Waals surface area contributed by atoms with Crippen molar-refractivity contribution in [2.75, 3.05) is 11.9 Å². The molecule has 0 saturated heterocycles. The number of carbonyl (C=O) groups excluding carboxylic acids is 1. The lowest BCUT2D eigenvalue weighted by molar-refractivity contribution is -0.116. The molecule has 0 atom stereocenters. The minimum Gasteiger partial charge on any atom is -0.493 e. The van der Waals surface area contributed by atoms with Crippen molar-refractivity contribution in [3.8, 4) is 5.88 Å². The highest BCUT2D eigenvalue weighted by atomic mass is 79.9. The molecule has 5 rings (SSSR count). The molecule has 5 aromatic rings. The maximum atomic E-state index is 12.5. The van der Waals surface area contributed by atoms with Gasteiger partial charge < -0.3 is 15.0 Å². The quantitative estimate of drug-likeness (QED) is 0.219. The summed E-state index contributed by atoms with van der Waals surface area (Å²) in [5.74, 6) is -0.440. The van der Waals surface area contributed by atoms with Gasteiger partial charge in [0.1, 0.15) is 0 Å². The van der Waals surface area contributed by atoms with Crippen LogP contribution >= 0.6 is 15.9 Å². The first kappa shape index (κ1) is 22.8. The van der Waals surface area contributed by atoms with E-state index < -0.39 is 5.91 Å². The van der Waals surface area contributed by atoms with E-state index in [1.807, 2.05) is 83.4 Å². The van der Waals surface area contributed by atoms with E-state index in [1.165, 1.54) is 5.56 Å². The van der Waals surface area contributed by atoms with Crippen LogP contribution in [0.4, 0.5) is 11.4 Å². The maximum Gasteiger partial charge on any atom is 0.283 e. The molecule has 0 unspecified atom stereocenters. The number of aromatic hydroxyl groups is 1. The van der Waals surface area contributed by atoms with Gasteiger partial charge in [-0.05, 0) is 41.6 Å². The lowest BCUT2D eigenvalue weighted by Gasteiger charge is -2.07. The highest BCUT2D eigenvalue weighted by Gasteiger charge is 2.17. The Hall–Kier alpha value is -3.97. The number of halogens is 1. The standard InChI is InChI=1S/C28H23BrN4O2/c29-21-13-14-25-23(17-21)27(28(35)33(25)16-15-19-7-2-1-3-8-19)32-31-26(34)18-30-24-12-6-10-20-9-4-5-11-22(20)24/h1-14,17,30,35H,15-16,18H2. The number of rotatable bonds is 7. The van der Waals surface area contributed by atoms with Crippen molar-refractivity contribution >= 4 is 54.9 Å². The van der Waals surface area contributed by atoms with E-state index in [0.29, 0.717) is 6.54 Å². The summed E-state index contributed by atoms with van der Waals surface area (Å²) >= 11 is 3.49. The number of anilines is 1. The smallest absolute Gasteiger partial charge is 0.283 e. The molecule has 6 nitrogen and oxygen atoms in total. The van der Waals surface area contributed by atoms with Gasteiger partial charge in [0.2, 0.25) is 5.88 Å². The molecular formula is C28H23BrN4O2. The fraction of sp³-hybridized carbons (Fsp3) is 0.107. The van der Waals surface area contributed by atoms with Crippen LogP contribution in [0.2, 0.25) is 0 Å². The molecule has 7 heteroatoms. The summed E-state index contributed by atoms with van der Waals surface area (Å²) < 4.78 is 2.66. The molecule has 1 heterocycles. The van der Waals surface area contributed by atoms with Crippen molar-refractivity contribution in [2.45, 2.75) is 13.0 Å². The van der Waals surface area contributed by atoms with Gasteiger partial charge in [0.25, 0.3) is 5.91 Å². The predicted octanol–water partition coefficient (Wildman–Crippen LogP) is 7.23.